The molecular weight excluding hydrogens is 280 g/mol. The van der Waals surface area contributed by atoms with E-state index in [0.717, 1.165) is 0 Å². The average Bonchev–Trinajstić information content (AvgIpc) is 2.08. The Labute approximate surface area is 97.9 Å². The van der Waals surface area contributed by atoms with Crippen molar-refractivity contribution in [3.05, 3.63) is 18.4 Å². The minimum absolute atomic E-state index is 0. The normalized spacial score (nSPS) is 10.6. The van der Waals surface area contributed by atoms with Crippen molar-refractivity contribution in [3.8, 4) is 0 Å². The van der Waals surface area contributed by atoms with Gasteiger partial charge in [0, 0.05) is 0 Å². The summed E-state index contributed by atoms with van der Waals surface area (Å²) in [5.74, 6) is 0. The van der Waals surface area contributed by atoms with Crippen LogP contribution in [0.5, 0.6) is 0 Å². The maximum atomic E-state index is 10.3. The summed E-state index contributed by atoms with van der Waals surface area (Å²) in [6.45, 7) is 0. The summed E-state index contributed by atoms with van der Waals surface area (Å²) in [4.78, 5) is 16.8. The Balaban J connectivity index is 0.000000810. The Kier molecular flexibility index (Phi) is 4.55. The molecule has 1 rings (SSSR count). The molecule has 2 N–H and O–H groups in total. The van der Waals surface area contributed by atoms with Gasteiger partial charge in [-0.2, -0.15) is 0 Å². The monoisotopic (exact) mass is 288 g/mol. The minimum atomic E-state index is -4.14. The molecule has 0 amide bonds. The van der Waals surface area contributed by atoms with Crippen LogP contribution in [-0.2, 0) is 4.57 Å². The van der Waals surface area contributed by atoms with E-state index >= 15 is 0 Å². The molecule has 0 radical (unpaired) electrons. The summed E-state index contributed by atoms with van der Waals surface area (Å²) in [7, 11) is -4.14. The van der Waals surface area contributed by atoms with Gasteiger partial charge >= 0.3 is 56.5 Å². The van der Waals surface area contributed by atoms with Crippen molar-refractivity contribution in [2.24, 2.45) is 0 Å². The Morgan fingerprint density at radius 2 is 2.10 bits per heavy atom. The summed E-state index contributed by atoms with van der Waals surface area (Å²) >= 11 is 0. The van der Waals surface area contributed by atoms with Gasteiger partial charge in [0.1, 0.15) is 0 Å². The van der Waals surface area contributed by atoms with Gasteiger partial charge in [-0.3, -0.25) is 4.57 Å². The van der Waals surface area contributed by atoms with E-state index in [9.17, 15) is 4.57 Å². The summed E-state index contributed by atoms with van der Waals surface area (Å²) in [6, 6.07) is 2.66. The van der Waals surface area contributed by atoms with Gasteiger partial charge in [-0.15, -0.1) is 0 Å². The van der Waals surface area contributed by atoms with E-state index in [4.69, 9.17) is 9.79 Å². The second-order valence-corrected chi connectivity index (χ2v) is 3.02. The van der Waals surface area contributed by atoms with E-state index in [0.29, 0.717) is 0 Å². The molecule has 4 nitrogen and oxygen atoms in total. The van der Waals surface area contributed by atoms with Gasteiger partial charge in [-0.05, 0) is 12.1 Å². The molecule has 0 spiro atoms. The summed E-state index contributed by atoms with van der Waals surface area (Å²) < 4.78 is 14.7. The molecule has 6 heteroatoms. The van der Waals surface area contributed by atoms with E-state index in [1.807, 2.05) is 0 Å². The van der Waals surface area contributed by atoms with Crippen LogP contribution in [0.25, 0.3) is 0 Å². The zero-order chi connectivity index (χ0) is 6.91. The molecule has 1 aromatic heterocycles. The zero-order valence-electron chi connectivity index (χ0n) is 4.39. The van der Waals surface area contributed by atoms with Crippen molar-refractivity contribution in [2.75, 3.05) is 0 Å². The third kappa shape index (κ3) is 2.94. The topological polar surface area (TPSA) is 70.7 Å². The van der Waals surface area contributed by atoms with Gasteiger partial charge in [-0.25, -0.2) is 0 Å². The van der Waals surface area contributed by atoms with E-state index < -0.39 is 7.60 Å². The molecule has 0 fully saturated rings. The molecule has 0 aliphatic rings. The van der Waals surface area contributed by atoms with Crippen molar-refractivity contribution < 1.29 is 18.8 Å². The van der Waals surface area contributed by atoms with Crippen molar-refractivity contribution in [3.63, 3.8) is 0 Å². The van der Waals surface area contributed by atoms with Crippen LogP contribution in [0, 0.1) is 0 Å². The van der Waals surface area contributed by atoms with Crippen LogP contribution in [0.15, 0.2) is 22.8 Å². The molecule has 1 aromatic rings. The van der Waals surface area contributed by atoms with Gasteiger partial charge in [-0.1, -0.05) is 0 Å². The molecule has 54 valence electrons. The average molecular weight is 287 g/mol. The Morgan fingerprint density at radius 3 is 2.30 bits per heavy atom. The van der Waals surface area contributed by atoms with Crippen LogP contribution in [0.3, 0.4) is 0 Å². The van der Waals surface area contributed by atoms with E-state index in [2.05, 4.69) is 4.42 Å². The Morgan fingerprint density at radius 1 is 1.50 bits per heavy atom. The fourth-order valence-electron chi connectivity index (χ4n) is 0.436. The Hall–Kier alpha value is 1.00. The third-order valence-electron chi connectivity index (χ3n) is 0.793. The molecule has 0 bridgehead atoms. The number of furan rings is 1. The molecule has 1 heterocycles. The van der Waals surface area contributed by atoms with E-state index in [1.165, 1.54) is 18.4 Å². The second-order valence-electron chi connectivity index (χ2n) is 1.50. The molecule has 0 saturated heterocycles. The van der Waals surface area contributed by atoms with Gasteiger partial charge < -0.3 is 14.2 Å². The van der Waals surface area contributed by atoms with Crippen molar-refractivity contribution in [2.45, 2.75) is 0 Å². The first kappa shape index (κ1) is 11.0. The molecule has 0 aliphatic carbocycles. The number of hydrogen-bond acceptors (Lipinski definition) is 2. The molecule has 0 aromatic carbocycles. The first-order chi connectivity index (χ1) is 4.11. The predicted octanol–water partition coefficient (Wildman–Crippen LogP) is -0.834. The maximum absolute atomic E-state index is 10.3. The molecule has 10 heavy (non-hydrogen) atoms. The summed E-state index contributed by atoms with van der Waals surface area (Å²) in [5.41, 5.74) is -0.289. The third-order valence-corrected chi connectivity index (χ3v) is 1.62. The zero-order valence-corrected chi connectivity index (χ0v) is 5.28. The van der Waals surface area contributed by atoms with Crippen molar-refractivity contribution in [1.82, 2.24) is 0 Å². The van der Waals surface area contributed by atoms with Gasteiger partial charge in [0.05, 0.1) is 6.26 Å². The van der Waals surface area contributed by atoms with Crippen molar-refractivity contribution >= 4 is 62.0 Å². The number of hydrogen-bond donors (Lipinski definition) is 2. The molecule has 0 atom stereocenters. The molecular formula is C4H7BaO4P. The second kappa shape index (κ2) is 4.13. The van der Waals surface area contributed by atoms with Crippen LogP contribution >= 0.6 is 7.60 Å². The molecule has 0 aliphatic heterocycles. The van der Waals surface area contributed by atoms with Gasteiger partial charge in [0.15, 0.2) is 0 Å². The quantitative estimate of drug-likeness (QED) is 0.522. The standard InChI is InChI=1S/C4H5O4P.Ba.2H/c5-9(6,7)4-2-1-3-8-4;;;/h1-3H,(H2,5,6,7);;;. The Bertz CT molecular complexity index is 225. The van der Waals surface area contributed by atoms with E-state index in [1.54, 1.807) is 0 Å². The molecule has 0 saturated carbocycles. The fourth-order valence-corrected chi connectivity index (χ4v) is 0.914. The van der Waals surface area contributed by atoms with Crippen molar-refractivity contribution in [1.29, 1.82) is 0 Å². The van der Waals surface area contributed by atoms with Gasteiger partial charge in [0.25, 0.3) is 0 Å². The van der Waals surface area contributed by atoms with Gasteiger partial charge in [0.2, 0.25) is 5.50 Å². The first-order valence-corrected chi connectivity index (χ1v) is 3.81. The molecule has 0 unspecified atom stereocenters. The van der Waals surface area contributed by atoms with E-state index in [-0.39, 0.29) is 54.4 Å². The SMILES string of the molecule is O=P(O)(O)c1ccco1.[BaH2]. The van der Waals surface area contributed by atoms with Crippen LogP contribution in [0.2, 0.25) is 0 Å². The van der Waals surface area contributed by atoms with Crippen LogP contribution < -0.4 is 5.50 Å². The van der Waals surface area contributed by atoms with Crippen LogP contribution in [0.4, 0.5) is 0 Å². The number of rotatable bonds is 1. The summed E-state index contributed by atoms with van der Waals surface area (Å²) in [6.07, 6.45) is 1.22. The first-order valence-electron chi connectivity index (χ1n) is 2.20. The fraction of sp³-hybridized carbons (Fsp3) is 0. The summed E-state index contributed by atoms with van der Waals surface area (Å²) in [5, 5.41) is 0. The van der Waals surface area contributed by atoms with Crippen LogP contribution in [-0.4, -0.2) is 58.7 Å². The predicted molar refractivity (Wildman–Crippen MR) is 38.9 cm³/mol. The van der Waals surface area contributed by atoms with Crippen LogP contribution in [0.1, 0.15) is 0 Å².